The van der Waals surface area contributed by atoms with E-state index in [0.717, 1.165) is 18.8 Å². The molecule has 0 radical (unpaired) electrons. The van der Waals surface area contributed by atoms with Crippen LogP contribution >= 0.6 is 23.2 Å². The van der Waals surface area contributed by atoms with Crippen LogP contribution in [0, 0.1) is 5.41 Å². The second-order valence-electron chi connectivity index (χ2n) is 8.91. The number of ether oxygens (including phenoxy) is 1. The van der Waals surface area contributed by atoms with Gasteiger partial charge in [-0.2, -0.15) is 0 Å². The van der Waals surface area contributed by atoms with E-state index in [1.807, 2.05) is 49.9 Å². The first-order valence-electron chi connectivity index (χ1n) is 10.7. The largest absolute Gasteiger partial charge is 0.495 e. The van der Waals surface area contributed by atoms with Gasteiger partial charge in [0.15, 0.2) is 0 Å². The van der Waals surface area contributed by atoms with Gasteiger partial charge in [0.1, 0.15) is 5.75 Å². The van der Waals surface area contributed by atoms with Crippen LogP contribution in [-0.2, 0) is 9.59 Å². The molecule has 1 aliphatic heterocycles. The number of hydrogen-bond acceptors (Lipinski definition) is 4. The van der Waals surface area contributed by atoms with Gasteiger partial charge >= 0.3 is 0 Å². The maximum atomic E-state index is 12.5. The maximum Gasteiger partial charge on any atom is 0.248 e. The summed E-state index contributed by atoms with van der Waals surface area (Å²) in [7, 11) is 1.51. The van der Waals surface area contributed by atoms with Crippen LogP contribution in [0.2, 0.25) is 10.0 Å². The van der Waals surface area contributed by atoms with Crippen molar-refractivity contribution < 1.29 is 14.3 Å². The molecule has 33 heavy (non-hydrogen) atoms. The summed E-state index contributed by atoms with van der Waals surface area (Å²) >= 11 is 12.2. The standard InChI is InChI=1S/C25H29Cl2N3O3/c1-25(2,3)24(32)30-13-11-29(12-14-30)20-8-6-19(7-9-20)28-22(31)10-5-17-15-18(26)16-21(27)23(17)33-4/h5-10,15-16H,11-14H2,1-4H3,(H,28,31)/b10-5+. The van der Waals surface area contributed by atoms with Crippen LogP contribution in [0.3, 0.4) is 0 Å². The first-order valence-corrected chi connectivity index (χ1v) is 11.5. The number of nitrogens with one attached hydrogen (secondary N) is 1. The zero-order chi connectivity index (χ0) is 24.2. The molecule has 1 aliphatic rings. The van der Waals surface area contributed by atoms with E-state index in [4.69, 9.17) is 27.9 Å². The van der Waals surface area contributed by atoms with Crippen molar-refractivity contribution in [3.63, 3.8) is 0 Å². The zero-order valence-electron chi connectivity index (χ0n) is 19.3. The SMILES string of the molecule is COc1c(Cl)cc(Cl)cc1/C=C/C(=O)Nc1ccc(N2CCN(C(=O)C(C)(C)C)CC2)cc1. The van der Waals surface area contributed by atoms with Crippen LogP contribution in [0.15, 0.2) is 42.5 Å². The molecule has 0 bridgehead atoms. The molecule has 0 atom stereocenters. The fraction of sp³-hybridized carbons (Fsp3) is 0.360. The Morgan fingerprint density at radius 1 is 1.03 bits per heavy atom. The smallest absolute Gasteiger partial charge is 0.248 e. The Bertz CT molecular complexity index is 1040. The van der Waals surface area contributed by atoms with Crippen LogP contribution in [0.5, 0.6) is 5.75 Å². The van der Waals surface area contributed by atoms with Crippen LogP contribution in [0.4, 0.5) is 11.4 Å². The number of anilines is 2. The van der Waals surface area contributed by atoms with Crippen molar-refractivity contribution in [2.24, 2.45) is 5.41 Å². The molecule has 0 saturated carbocycles. The minimum atomic E-state index is -0.360. The van der Waals surface area contributed by atoms with Gasteiger partial charge in [-0.15, -0.1) is 0 Å². The van der Waals surface area contributed by atoms with Gasteiger partial charge in [-0.1, -0.05) is 44.0 Å². The molecule has 1 saturated heterocycles. The number of hydrogen-bond donors (Lipinski definition) is 1. The average Bonchev–Trinajstić information content (AvgIpc) is 2.77. The molecule has 3 rings (SSSR count). The molecule has 0 aliphatic carbocycles. The maximum absolute atomic E-state index is 12.5. The quantitative estimate of drug-likeness (QED) is 0.575. The number of rotatable bonds is 5. The number of nitrogens with zero attached hydrogens (tertiary/aromatic N) is 2. The average molecular weight is 490 g/mol. The summed E-state index contributed by atoms with van der Waals surface area (Å²) in [6.07, 6.45) is 3.02. The number of carbonyl (C=O) groups is 2. The predicted molar refractivity (Wildman–Crippen MR) is 135 cm³/mol. The van der Waals surface area contributed by atoms with E-state index < -0.39 is 0 Å². The number of carbonyl (C=O) groups excluding carboxylic acids is 2. The molecule has 176 valence electrons. The molecule has 1 heterocycles. The third-order valence-corrected chi connectivity index (χ3v) is 5.86. The molecule has 1 N–H and O–H groups in total. The Morgan fingerprint density at radius 2 is 1.67 bits per heavy atom. The highest BCUT2D eigenvalue weighted by Gasteiger charge is 2.29. The van der Waals surface area contributed by atoms with E-state index in [9.17, 15) is 9.59 Å². The van der Waals surface area contributed by atoms with Gasteiger partial charge < -0.3 is 19.9 Å². The van der Waals surface area contributed by atoms with Crippen molar-refractivity contribution >= 4 is 52.5 Å². The van der Waals surface area contributed by atoms with E-state index in [1.165, 1.54) is 13.2 Å². The molecule has 2 amide bonds. The van der Waals surface area contributed by atoms with Crippen LogP contribution in [-0.4, -0.2) is 50.0 Å². The molecular weight excluding hydrogens is 461 g/mol. The summed E-state index contributed by atoms with van der Waals surface area (Å²) in [6.45, 7) is 8.81. The summed E-state index contributed by atoms with van der Waals surface area (Å²) in [5, 5.41) is 3.68. The third-order valence-electron chi connectivity index (χ3n) is 5.36. The summed E-state index contributed by atoms with van der Waals surface area (Å²) in [4.78, 5) is 29.0. The molecule has 1 fully saturated rings. The van der Waals surface area contributed by atoms with Crippen molar-refractivity contribution in [1.82, 2.24) is 4.90 Å². The highest BCUT2D eigenvalue weighted by molar-refractivity contribution is 6.36. The molecule has 2 aromatic carbocycles. The van der Waals surface area contributed by atoms with Gasteiger partial charge in [-0.3, -0.25) is 9.59 Å². The Labute approximate surface area is 205 Å². The topological polar surface area (TPSA) is 61.9 Å². The van der Waals surface area contributed by atoms with Crippen molar-refractivity contribution in [3.05, 3.63) is 58.1 Å². The van der Waals surface area contributed by atoms with Crippen molar-refractivity contribution in [2.45, 2.75) is 20.8 Å². The fourth-order valence-electron chi connectivity index (χ4n) is 3.67. The highest BCUT2D eigenvalue weighted by atomic mass is 35.5. The first kappa shape index (κ1) is 24.9. The van der Waals surface area contributed by atoms with Crippen LogP contribution < -0.4 is 15.0 Å². The minimum Gasteiger partial charge on any atom is -0.495 e. The van der Waals surface area contributed by atoms with Gasteiger partial charge in [0.25, 0.3) is 0 Å². The number of benzene rings is 2. The van der Waals surface area contributed by atoms with E-state index in [0.29, 0.717) is 40.1 Å². The second kappa shape index (κ2) is 10.5. The van der Waals surface area contributed by atoms with E-state index in [1.54, 1.807) is 18.2 Å². The summed E-state index contributed by atoms with van der Waals surface area (Å²) < 4.78 is 5.29. The minimum absolute atomic E-state index is 0.186. The Kier molecular flexibility index (Phi) is 7.92. The lowest BCUT2D eigenvalue weighted by Crippen LogP contribution is -2.51. The Morgan fingerprint density at radius 3 is 2.24 bits per heavy atom. The number of methoxy groups -OCH3 is 1. The van der Waals surface area contributed by atoms with Crippen molar-refractivity contribution in [2.75, 3.05) is 43.5 Å². The Balaban J connectivity index is 1.58. The van der Waals surface area contributed by atoms with Crippen LogP contribution in [0.1, 0.15) is 26.3 Å². The lowest BCUT2D eigenvalue weighted by molar-refractivity contribution is -0.139. The molecule has 8 heteroatoms. The Hall–Kier alpha value is -2.70. The highest BCUT2D eigenvalue weighted by Crippen LogP contribution is 2.33. The molecule has 6 nitrogen and oxygen atoms in total. The lowest BCUT2D eigenvalue weighted by atomic mass is 9.94. The van der Waals surface area contributed by atoms with Crippen molar-refractivity contribution in [1.29, 1.82) is 0 Å². The number of piperazine rings is 1. The summed E-state index contributed by atoms with van der Waals surface area (Å²) in [6, 6.07) is 10.9. The van der Waals surface area contributed by atoms with E-state index in [-0.39, 0.29) is 17.2 Å². The van der Waals surface area contributed by atoms with E-state index >= 15 is 0 Å². The lowest BCUT2D eigenvalue weighted by Gasteiger charge is -2.38. The molecular formula is C25H29Cl2N3O3. The monoisotopic (exact) mass is 489 g/mol. The number of amides is 2. The fourth-order valence-corrected chi connectivity index (χ4v) is 4.25. The molecule has 2 aromatic rings. The van der Waals surface area contributed by atoms with Gasteiger partial charge in [0.05, 0.1) is 12.1 Å². The summed E-state index contributed by atoms with van der Waals surface area (Å²) in [5.41, 5.74) is 2.00. The third kappa shape index (κ3) is 6.42. The predicted octanol–water partition coefficient (Wildman–Crippen LogP) is 5.35. The van der Waals surface area contributed by atoms with Gasteiger partial charge in [-0.25, -0.2) is 0 Å². The summed E-state index contributed by atoms with van der Waals surface area (Å²) in [5.74, 6) is 0.361. The van der Waals surface area contributed by atoms with E-state index in [2.05, 4.69) is 10.2 Å². The van der Waals surface area contributed by atoms with Crippen molar-refractivity contribution in [3.8, 4) is 5.75 Å². The normalized spacial score (nSPS) is 14.5. The molecule has 0 aromatic heterocycles. The van der Waals surface area contributed by atoms with Gasteiger partial charge in [0.2, 0.25) is 11.8 Å². The second-order valence-corrected chi connectivity index (χ2v) is 9.75. The van der Waals surface area contributed by atoms with Crippen LogP contribution in [0.25, 0.3) is 6.08 Å². The van der Waals surface area contributed by atoms with Gasteiger partial charge in [-0.05, 0) is 42.5 Å². The first-order chi connectivity index (χ1) is 15.6. The molecule has 0 unspecified atom stereocenters. The number of halogens is 2. The zero-order valence-corrected chi connectivity index (χ0v) is 20.8. The van der Waals surface area contributed by atoms with Gasteiger partial charge in [0, 0.05) is 59.6 Å². The molecule has 0 spiro atoms.